The van der Waals surface area contributed by atoms with E-state index < -0.39 is 5.41 Å². The highest BCUT2D eigenvalue weighted by atomic mass is 16.2. The Kier molecular flexibility index (Phi) is 6.00. The van der Waals surface area contributed by atoms with Gasteiger partial charge < -0.3 is 16.0 Å². The number of hydrogen-bond acceptors (Lipinski definition) is 3. The summed E-state index contributed by atoms with van der Waals surface area (Å²) in [5.74, 6) is -0.604. The van der Waals surface area contributed by atoms with E-state index in [2.05, 4.69) is 16.0 Å². The molecule has 6 nitrogen and oxygen atoms in total. The van der Waals surface area contributed by atoms with Crippen molar-refractivity contribution < 1.29 is 14.4 Å². The number of anilines is 3. The molecule has 2 aromatic rings. The third kappa shape index (κ3) is 5.41. The first-order valence-corrected chi connectivity index (χ1v) is 8.68. The Morgan fingerprint density at radius 3 is 2.04 bits per heavy atom. The molecule has 2 rings (SSSR count). The Morgan fingerprint density at radius 1 is 0.852 bits per heavy atom. The van der Waals surface area contributed by atoms with Gasteiger partial charge in [-0.15, -0.1) is 0 Å². The van der Waals surface area contributed by atoms with Crippen molar-refractivity contribution in [3.05, 3.63) is 53.6 Å². The molecule has 0 radical (unpaired) electrons. The third-order valence-electron chi connectivity index (χ3n) is 3.96. The van der Waals surface area contributed by atoms with Gasteiger partial charge in [-0.3, -0.25) is 14.4 Å². The van der Waals surface area contributed by atoms with Gasteiger partial charge in [-0.1, -0.05) is 32.9 Å². The summed E-state index contributed by atoms with van der Waals surface area (Å²) in [6.45, 7) is 8.72. The molecule has 0 atom stereocenters. The molecule has 0 heterocycles. The average Bonchev–Trinajstić information content (AvgIpc) is 2.57. The maximum atomic E-state index is 12.6. The van der Waals surface area contributed by atoms with Gasteiger partial charge in [0.05, 0.1) is 0 Å². The average molecular weight is 367 g/mol. The second kappa shape index (κ2) is 8.03. The number of carbonyl (C=O) groups is 3. The molecule has 0 aliphatic heterocycles. The largest absolute Gasteiger partial charge is 0.326 e. The molecule has 27 heavy (non-hydrogen) atoms. The van der Waals surface area contributed by atoms with Crippen LogP contribution in [0.2, 0.25) is 0 Å². The predicted molar refractivity (Wildman–Crippen MR) is 108 cm³/mol. The lowest BCUT2D eigenvalue weighted by Gasteiger charge is -2.18. The van der Waals surface area contributed by atoms with Crippen LogP contribution in [0.25, 0.3) is 0 Å². The Bertz CT molecular complexity index is 882. The van der Waals surface area contributed by atoms with Gasteiger partial charge in [0.25, 0.3) is 5.91 Å². The van der Waals surface area contributed by atoms with Crippen molar-refractivity contribution in [2.24, 2.45) is 5.41 Å². The molecule has 0 saturated carbocycles. The van der Waals surface area contributed by atoms with Crippen LogP contribution in [0.15, 0.2) is 42.5 Å². The zero-order chi connectivity index (χ0) is 20.2. The molecule has 0 aliphatic carbocycles. The Hall–Kier alpha value is -3.15. The molecule has 0 spiro atoms. The van der Waals surface area contributed by atoms with Crippen molar-refractivity contribution in [3.8, 4) is 0 Å². The normalized spacial score (nSPS) is 10.9. The van der Waals surface area contributed by atoms with Crippen molar-refractivity contribution >= 4 is 34.8 Å². The molecule has 0 unspecified atom stereocenters. The highest BCUT2D eigenvalue weighted by Crippen LogP contribution is 2.24. The molecule has 0 fully saturated rings. The molecule has 3 amide bonds. The summed E-state index contributed by atoms with van der Waals surface area (Å²) in [7, 11) is 0. The second-order valence-electron chi connectivity index (χ2n) is 7.40. The molecule has 0 bridgehead atoms. The molecule has 0 saturated heterocycles. The zero-order valence-corrected chi connectivity index (χ0v) is 16.3. The summed E-state index contributed by atoms with van der Waals surface area (Å²) in [6, 6.07) is 12.1. The monoisotopic (exact) mass is 367 g/mol. The van der Waals surface area contributed by atoms with Crippen molar-refractivity contribution in [1.29, 1.82) is 0 Å². The van der Waals surface area contributed by atoms with Gasteiger partial charge in [0.15, 0.2) is 0 Å². The van der Waals surface area contributed by atoms with Crippen LogP contribution in [-0.2, 0) is 9.59 Å². The molecular weight excluding hydrogens is 342 g/mol. The molecular formula is C21H25N3O3. The van der Waals surface area contributed by atoms with Crippen LogP contribution in [0.4, 0.5) is 17.1 Å². The topological polar surface area (TPSA) is 87.3 Å². The maximum absolute atomic E-state index is 12.6. The third-order valence-corrected chi connectivity index (χ3v) is 3.96. The molecule has 142 valence electrons. The minimum Gasteiger partial charge on any atom is -0.326 e. The fourth-order valence-electron chi connectivity index (χ4n) is 2.35. The van der Waals surface area contributed by atoms with Crippen LogP contribution in [0.1, 0.15) is 43.6 Å². The van der Waals surface area contributed by atoms with Gasteiger partial charge in [-0.05, 0) is 42.8 Å². The van der Waals surface area contributed by atoms with Crippen molar-refractivity contribution in [1.82, 2.24) is 0 Å². The quantitative estimate of drug-likeness (QED) is 0.757. The number of carbonyl (C=O) groups excluding carboxylic acids is 3. The van der Waals surface area contributed by atoms with Gasteiger partial charge in [-0.25, -0.2) is 0 Å². The van der Waals surface area contributed by atoms with E-state index in [-0.39, 0.29) is 17.7 Å². The summed E-state index contributed by atoms with van der Waals surface area (Å²) < 4.78 is 0. The fourth-order valence-corrected chi connectivity index (χ4v) is 2.35. The van der Waals surface area contributed by atoms with E-state index in [1.807, 2.05) is 27.7 Å². The van der Waals surface area contributed by atoms with Crippen molar-refractivity contribution in [3.63, 3.8) is 0 Å². The van der Waals surface area contributed by atoms with E-state index in [1.165, 1.54) is 6.92 Å². The minimum absolute atomic E-state index is 0.126. The van der Waals surface area contributed by atoms with Crippen LogP contribution in [-0.4, -0.2) is 17.7 Å². The van der Waals surface area contributed by atoms with Gasteiger partial charge in [0.2, 0.25) is 11.8 Å². The smallest absolute Gasteiger partial charge is 0.255 e. The number of rotatable bonds is 4. The molecule has 0 aromatic heterocycles. The molecule has 6 heteroatoms. The molecule has 0 aliphatic rings. The Balaban J connectivity index is 2.19. The van der Waals surface area contributed by atoms with E-state index in [0.717, 1.165) is 5.56 Å². The highest BCUT2D eigenvalue weighted by molar-refractivity contribution is 6.06. The van der Waals surface area contributed by atoms with Gasteiger partial charge in [0, 0.05) is 35.0 Å². The van der Waals surface area contributed by atoms with E-state index in [9.17, 15) is 14.4 Å². The van der Waals surface area contributed by atoms with E-state index in [1.54, 1.807) is 42.5 Å². The maximum Gasteiger partial charge on any atom is 0.255 e. The van der Waals surface area contributed by atoms with Gasteiger partial charge in [0.1, 0.15) is 0 Å². The first kappa shape index (κ1) is 20.2. The number of hydrogen-bond donors (Lipinski definition) is 3. The zero-order valence-electron chi connectivity index (χ0n) is 16.3. The van der Waals surface area contributed by atoms with E-state index in [4.69, 9.17) is 0 Å². The number of benzene rings is 2. The van der Waals surface area contributed by atoms with Crippen molar-refractivity contribution in [2.75, 3.05) is 16.0 Å². The SMILES string of the molecule is CC(=O)Nc1cccc(NC(=O)c2cccc(NC(=O)C(C)(C)C)c2)c1C. The van der Waals surface area contributed by atoms with Crippen LogP contribution in [0, 0.1) is 12.3 Å². The highest BCUT2D eigenvalue weighted by Gasteiger charge is 2.21. The standard InChI is InChI=1S/C21H25N3O3/c1-13-17(22-14(2)25)10-7-11-18(13)24-19(26)15-8-6-9-16(12-15)23-20(27)21(3,4)5/h6-12H,1-5H3,(H,22,25)(H,23,27)(H,24,26). The summed E-state index contributed by atoms with van der Waals surface area (Å²) in [4.78, 5) is 36.0. The van der Waals surface area contributed by atoms with Gasteiger partial charge in [-0.2, -0.15) is 0 Å². The predicted octanol–water partition coefficient (Wildman–Crippen LogP) is 4.19. The van der Waals surface area contributed by atoms with Gasteiger partial charge >= 0.3 is 0 Å². The number of amides is 3. The fraction of sp³-hybridized carbons (Fsp3) is 0.286. The number of nitrogens with one attached hydrogen (secondary N) is 3. The van der Waals surface area contributed by atoms with E-state index >= 15 is 0 Å². The first-order valence-electron chi connectivity index (χ1n) is 8.68. The lowest BCUT2D eigenvalue weighted by atomic mass is 9.95. The van der Waals surface area contributed by atoms with Crippen LogP contribution in [0.3, 0.4) is 0 Å². The molecule has 3 N–H and O–H groups in total. The Labute approximate surface area is 159 Å². The Morgan fingerprint density at radius 2 is 1.44 bits per heavy atom. The first-order chi connectivity index (χ1) is 12.6. The lowest BCUT2D eigenvalue weighted by molar-refractivity contribution is -0.123. The van der Waals surface area contributed by atoms with Crippen molar-refractivity contribution in [2.45, 2.75) is 34.6 Å². The minimum atomic E-state index is -0.528. The summed E-state index contributed by atoms with van der Waals surface area (Å²) >= 11 is 0. The van der Waals surface area contributed by atoms with Crippen LogP contribution >= 0.6 is 0 Å². The summed E-state index contributed by atoms with van der Waals surface area (Å²) in [5.41, 5.74) is 2.47. The summed E-state index contributed by atoms with van der Waals surface area (Å²) in [5, 5.41) is 8.40. The van der Waals surface area contributed by atoms with Crippen LogP contribution < -0.4 is 16.0 Å². The molecule has 2 aromatic carbocycles. The summed E-state index contributed by atoms with van der Waals surface area (Å²) in [6.07, 6.45) is 0. The van der Waals surface area contributed by atoms with E-state index in [0.29, 0.717) is 22.6 Å². The lowest BCUT2D eigenvalue weighted by Crippen LogP contribution is -2.27. The van der Waals surface area contributed by atoms with Crippen LogP contribution in [0.5, 0.6) is 0 Å². The second-order valence-corrected chi connectivity index (χ2v) is 7.40.